The molecule has 0 aromatic heterocycles. The van der Waals surface area contributed by atoms with Crippen molar-refractivity contribution in [3.05, 3.63) is 35.4 Å². The van der Waals surface area contributed by atoms with Crippen LogP contribution < -0.4 is 0 Å². The molecule has 0 spiro atoms. The molecule has 0 unspecified atom stereocenters. The molecule has 0 saturated carbocycles. The average molecular weight is 216 g/mol. The van der Waals surface area contributed by atoms with E-state index in [4.69, 9.17) is 0 Å². The van der Waals surface area contributed by atoms with Gasteiger partial charge in [-0.2, -0.15) is 0 Å². The van der Waals surface area contributed by atoms with Crippen LogP contribution in [0.2, 0.25) is 0 Å². The first kappa shape index (κ1) is 12.8. The van der Waals surface area contributed by atoms with Gasteiger partial charge in [-0.3, -0.25) is 0 Å². The van der Waals surface area contributed by atoms with Gasteiger partial charge in [-0.25, -0.2) is 0 Å². The van der Waals surface area contributed by atoms with Gasteiger partial charge in [-0.1, -0.05) is 37.8 Å². The predicted molar refractivity (Wildman–Crippen MR) is 68.2 cm³/mol. The number of benzene rings is 1. The molecule has 0 atom stereocenters. The Morgan fingerprint density at radius 1 is 1.31 bits per heavy atom. The van der Waals surface area contributed by atoms with E-state index in [1.54, 1.807) is 13.8 Å². The SMILES string of the molecule is CC(C)Cc1cccc(C#CC(C)(C)O)c1. The van der Waals surface area contributed by atoms with Gasteiger partial charge >= 0.3 is 0 Å². The summed E-state index contributed by atoms with van der Waals surface area (Å²) in [7, 11) is 0. The van der Waals surface area contributed by atoms with Crippen molar-refractivity contribution in [2.75, 3.05) is 0 Å². The lowest BCUT2D eigenvalue weighted by molar-refractivity contribution is 0.143. The van der Waals surface area contributed by atoms with Crippen LogP contribution in [-0.2, 0) is 6.42 Å². The van der Waals surface area contributed by atoms with Gasteiger partial charge in [0.15, 0.2) is 0 Å². The van der Waals surface area contributed by atoms with Gasteiger partial charge in [-0.15, -0.1) is 0 Å². The van der Waals surface area contributed by atoms with Crippen molar-refractivity contribution in [3.8, 4) is 11.8 Å². The van der Waals surface area contributed by atoms with Gasteiger partial charge in [0.25, 0.3) is 0 Å². The van der Waals surface area contributed by atoms with E-state index in [2.05, 4.69) is 37.8 Å². The zero-order valence-corrected chi connectivity index (χ0v) is 10.5. The Morgan fingerprint density at radius 3 is 2.56 bits per heavy atom. The van der Waals surface area contributed by atoms with Gasteiger partial charge in [-0.05, 0) is 43.9 Å². The smallest absolute Gasteiger partial charge is 0.120 e. The predicted octanol–water partition coefficient (Wildman–Crippen LogP) is 3.01. The molecule has 0 bridgehead atoms. The van der Waals surface area contributed by atoms with E-state index in [1.165, 1.54) is 5.56 Å². The molecule has 86 valence electrons. The summed E-state index contributed by atoms with van der Waals surface area (Å²) in [5.74, 6) is 6.47. The summed E-state index contributed by atoms with van der Waals surface area (Å²) < 4.78 is 0. The number of aliphatic hydroxyl groups is 1. The fraction of sp³-hybridized carbons (Fsp3) is 0.467. The Kier molecular flexibility index (Phi) is 4.15. The van der Waals surface area contributed by atoms with Gasteiger partial charge < -0.3 is 5.11 Å². The largest absolute Gasteiger partial charge is 0.378 e. The highest BCUT2D eigenvalue weighted by molar-refractivity contribution is 5.38. The summed E-state index contributed by atoms with van der Waals surface area (Å²) >= 11 is 0. The fourth-order valence-electron chi connectivity index (χ4n) is 1.47. The molecule has 0 radical (unpaired) electrons. The van der Waals surface area contributed by atoms with Crippen molar-refractivity contribution in [2.24, 2.45) is 5.92 Å². The Hall–Kier alpha value is -1.26. The monoisotopic (exact) mass is 216 g/mol. The van der Waals surface area contributed by atoms with E-state index >= 15 is 0 Å². The van der Waals surface area contributed by atoms with E-state index in [9.17, 15) is 5.11 Å². The van der Waals surface area contributed by atoms with Crippen LogP contribution in [0.15, 0.2) is 24.3 Å². The minimum absolute atomic E-state index is 0.650. The third-order valence-corrected chi connectivity index (χ3v) is 2.08. The third-order valence-electron chi connectivity index (χ3n) is 2.08. The van der Waals surface area contributed by atoms with Crippen molar-refractivity contribution in [3.63, 3.8) is 0 Å². The Morgan fingerprint density at radius 2 is 2.00 bits per heavy atom. The molecule has 0 aliphatic heterocycles. The van der Waals surface area contributed by atoms with Crippen LogP contribution in [0.25, 0.3) is 0 Å². The van der Waals surface area contributed by atoms with Crippen molar-refractivity contribution >= 4 is 0 Å². The van der Waals surface area contributed by atoms with E-state index in [1.807, 2.05) is 12.1 Å². The van der Waals surface area contributed by atoms with Gasteiger partial charge in [0, 0.05) is 5.56 Å². The maximum absolute atomic E-state index is 9.52. The highest BCUT2D eigenvalue weighted by Crippen LogP contribution is 2.10. The van der Waals surface area contributed by atoms with Crippen LogP contribution in [0.1, 0.15) is 38.8 Å². The summed E-state index contributed by atoms with van der Waals surface area (Å²) in [6, 6.07) is 8.21. The van der Waals surface area contributed by atoms with Crippen LogP contribution >= 0.6 is 0 Å². The molecule has 1 nitrogen and oxygen atoms in total. The van der Waals surface area contributed by atoms with Gasteiger partial charge in [0.05, 0.1) is 0 Å². The van der Waals surface area contributed by atoms with Crippen molar-refractivity contribution < 1.29 is 5.11 Å². The number of hydrogen-bond acceptors (Lipinski definition) is 1. The highest BCUT2D eigenvalue weighted by Gasteiger charge is 2.05. The van der Waals surface area contributed by atoms with Crippen molar-refractivity contribution in [1.82, 2.24) is 0 Å². The Labute approximate surface area is 98.5 Å². The Balaban J connectivity index is 2.85. The second-order valence-electron chi connectivity index (χ2n) is 5.11. The lowest BCUT2D eigenvalue weighted by atomic mass is 10.0. The molecule has 16 heavy (non-hydrogen) atoms. The van der Waals surface area contributed by atoms with Crippen LogP contribution in [0.4, 0.5) is 0 Å². The second kappa shape index (κ2) is 5.18. The zero-order valence-electron chi connectivity index (χ0n) is 10.5. The van der Waals surface area contributed by atoms with Crippen LogP contribution in [0.5, 0.6) is 0 Å². The molecule has 1 heteroatoms. The number of hydrogen-bond donors (Lipinski definition) is 1. The van der Waals surface area contributed by atoms with Crippen LogP contribution in [0, 0.1) is 17.8 Å². The molecule has 1 N–H and O–H groups in total. The Bertz CT molecular complexity index is 399. The summed E-state index contributed by atoms with van der Waals surface area (Å²) in [4.78, 5) is 0. The summed E-state index contributed by atoms with van der Waals surface area (Å²) in [6.07, 6.45) is 1.07. The van der Waals surface area contributed by atoms with E-state index in [-0.39, 0.29) is 0 Å². The van der Waals surface area contributed by atoms with Gasteiger partial charge in [0.2, 0.25) is 0 Å². The van der Waals surface area contributed by atoms with Gasteiger partial charge in [0.1, 0.15) is 5.60 Å². The molecule has 0 amide bonds. The van der Waals surface area contributed by atoms with E-state index < -0.39 is 5.60 Å². The first-order valence-electron chi connectivity index (χ1n) is 5.71. The molecule has 0 saturated heterocycles. The zero-order chi connectivity index (χ0) is 12.2. The van der Waals surface area contributed by atoms with Crippen LogP contribution in [-0.4, -0.2) is 10.7 Å². The summed E-state index contributed by atoms with van der Waals surface area (Å²) in [5, 5.41) is 9.52. The molecule has 0 fully saturated rings. The minimum Gasteiger partial charge on any atom is -0.378 e. The standard InChI is InChI=1S/C15H20O/c1-12(2)10-14-7-5-6-13(11-14)8-9-15(3,4)16/h5-7,11-12,16H,10H2,1-4H3. The third kappa shape index (κ3) is 5.00. The quantitative estimate of drug-likeness (QED) is 0.753. The van der Waals surface area contributed by atoms with E-state index in [0.717, 1.165) is 12.0 Å². The highest BCUT2D eigenvalue weighted by atomic mass is 16.3. The summed E-state index contributed by atoms with van der Waals surface area (Å²) in [5.41, 5.74) is 1.35. The average Bonchev–Trinajstić information content (AvgIpc) is 2.13. The maximum atomic E-state index is 9.52. The number of rotatable bonds is 2. The maximum Gasteiger partial charge on any atom is 0.120 e. The van der Waals surface area contributed by atoms with E-state index in [0.29, 0.717) is 5.92 Å². The molecule has 1 rings (SSSR count). The fourth-order valence-corrected chi connectivity index (χ4v) is 1.47. The molecule has 1 aromatic rings. The first-order chi connectivity index (χ1) is 7.37. The molecular weight excluding hydrogens is 196 g/mol. The van der Waals surface area contributed by atoms with Crippen molar-refractivity contribution in [1.29, 1.82) is 0 Å². The minimum atomic E-state index is -0.923. The lowest BCUT2D eigenvalue weighted by Crippen LogP contribution is -2.14. The normalized spacial score (nSPS) is 11.1. The lowest BCUT2D eigenvalue weighted by Gasteiger charge is -2.07. The molecular formula is C15H20O. The first-order valence-corrected chi connectivity index (χ1v) is 5.71. The molecule has 0 aliphatic rings. The molecule has 1 aromatic carbocycles. The van der Waals surface area contributed by atoms with Crippen molar-refractivity contribution in [2.45, 2.75) is 39.7 Å². The molecule has 0 aliphatic carbocycles. The van der Waals surface area contributed by atoms with Crippen LogP contribution in [0.3, 0.4) is 0 Å². The second-order valence-corrected chi connectivity index (χ2v) is 5.11. The topological polar surface area (TPSA) is 20.2 Å². The summed E-state index contributed by atoms with van der Waals surface area (Å²) in [6.45, 7) is 7.79. The molecule has 0 heterocycles.